The number of carbonyl (C=O) groups is 2. The first-order valence-corrected chi connectivity index (χ1v) is 5.33. The maximum Gasteiger partial charge on any atom is 0.328 e. The maximum atomic E-state index is 13.3. The standard InChI is InChI=1S/C12H13F2NO3/c1-3-10(12(17)18-2)15-11(16)8-5-4-7(13)6-9(8)14/h4-6,10H,3H2,1-2H3,(H,15,16)/t10-/m1/s1. The van der Waals surface area contributed by atoms with E-state index in [9.17, 15) is 18.4 Å². The zero-order valence-electron chi connectivity index (χ0n) is 10.00. The summed E-state index contributed by atoms with van der Waals surface area (Å²) in [5, 5.41) is 2.32. The van der Waals surface area contributed by atoms with Gasteiger partial charge in [0.05, 0.1) is 12.7 Å². The number of amides is 1. The van der Waals surface area contributed by atoms with Crippen molar-refractivity contribution in [3.8, 4) is 0 Å². The predicted octanol–water partition coefficient (Wildman–Crippen LogP) is 1.65. The molecule has 1 rings (SSSR count). The molecule has 0 saturated heterocycles. The van der Waals surface area contributed by atoms with Crippen molar-refractivity contribution in [2.75, 3.05) is 7.11 Å². The zero-order chi connectivity index (χ0) is 13.7. The average Bonchev–Trinajstić information content (AvgIpc) is 2.34. The van der Waals surface area contributed by atoms with Crippen LogP contribution in [0.4, 0.5) is 8.78 Å². The number of esters is 1. The SMILES string of the molecule is CC[C@@H](NC(=O)c1ccc(F)cc1F)C(=O)OC. The lowest BCUT2D eigenvalue weighted by Crippen LogP contribution is -2.41. The number of hydrogen-bond donors (Lipinski definition) is 1. The Balaban J connectivity index is 2.84. The van der Waals surface area contributed by atoms with Crippen molar-refractivity contribution in [1.29, 1.82) is 0 Å². The average molecular weight is 257 g/mol. The van der Waals surface area contributed by atoms with Gasteiger partial charge in [-0.15, -0.1) is 0 Å². The van der Waals surface area contributed by atoms with Crippen LogP contribution in [0.3, 0.4) is 0 Å². The number of nitrogens with one attached hydrogen (secondary N) is 1. The van der Waals surface area contributed by atoms with Crippen molar-refractivity contribution in [2.24, 2.45) is 0 Å². The van der Waals surface area contributed by atoms with Crippen LogP contribution >= 0.6 is 0 Å². The highest BCUT2D eigenvalue weighted by atomic mass is 19.1. The molecule has 1 aromatic rings. The molecule has 0 aliphatic heterocycles. The lowest BCUT2D eigenvalue weighted by Gasteiger charge is -2.14. The van der Waals surface area contributed by atoms with Gasteiger partial charge < -0.3 is 10.1 Å². The van der Waals surface area contributed by atoms with Gasteiger partial charge in [0.1, 0.15) is 17.7 Å². The molecule has 0 unspecified atom stereocenters. The number of hydrogen-bond acceptors (Lipinski definition) is 3. The lowest BCUT2D eigenvalue weighted by atomic mass is 10.1. The van der Waals surface area contributed by atoms with Crippen LogP contribution in [0.2, 0.25) is 0 Å². The Hall–Kier alpha value is -1.98. The van der Waals surface area contributed by atoms with Crippen molar-refractivity contribution >= 4 is 11.9 Å². The molecule has 0 bridgehead atoms. The summed E-state index contributed by atoms with van der Waals surface area (Å²) in [5.41, 5.74) is -0.321. The van der Waals surface area contributed by atoms with E-state index in [1.807, 2.05) is 0 Å². The molecule has 0 aromatic heterocycles. The third-order valence-electron chi connectivity index (χ3n) is 2.38. The molecule has 1 atom stereocenters. The Morgan fingerprint density at radius 1 is 1.39 bits per heavy atom. The number of halogens is 2. The molecular formula is C12H13F2NO3. The number of ether oxygens (including phenoxy) is 1. The van der Waals surface area contributed by atoms with E-state index in [4.69, 9.17) is 0 Å². The van der Waals surface area contributed by atoms with Crippen LogP contribution in [0, 0.1) is 11.6 Å². The minimum absolute atomic E-state index is 0.307. The monoisotopic (exact) mass is 257 g/mol. The van der Waals surface area contributed by atoms with Crippen LogP contribution in [-0.2, 0) is 9.53 Å². The highest BCUT2D eigenvalue weighted by Crippen LogP contribution is 2.10. The smallest absolute Gasteiger partial charge is 0.328 e. The summed E-state index contributed by atoms with van der Waals surface area (Å²) in [5.74, 6) is -3.16. The summed E-state index contributed by atoms with van der Waals surface area (Å²) in [6.07, 6.45) is 0.307. The molecule has 0 radical (unpaired) electrons. The van der Waals surface area contributed by atoms with E-state index in [1.54, 1.807) is 6.92 Å². The van der Waals surface area contributed by atoms with Gasteiger partial charge in [0.2, 0.25) is 0 Å². The Kier molecular flexibility index (Phi) is 4.76. The Labute approximate surface area is 103 Å². The largest absolute Gasteiger partial charge is 0.467 e. The molecule has 0 aliphatic carbocycles. The molecule has 0 spiro atoms. The quantitative estimate of drug-likeness (QED) is 0.834. The molecular weight excluding hydrogens is 244 g/mol. The Morgan fingerprint density at radius 3 is 2.56 bits per heavy atom. The molecule has 18 heavy (non-hydrogen) atoms. The molecule has 1 N–H and O–H groups in total. The van der Waals surface area contributed by atoms with Gasteiger partial charge in [-0.3, -0.25) is 4.79 Å². The molecule has 0 aliphatic rings. The summed E-state index contributed by atoms with van der Waals surface area (Å²) >= 11 is 0. The fourth-order valence-electron chi connectivity index (χ4n) is 1.38. The molecule has 0 fully saturated rings. The van der Waals surface area contributed by atoms with Gasteiger partial charge >= 0.3 is 5.97 Å². The van der Waals surface area contributed by atoms with Crippen LogP contribution in [0.5, 0.6) is 0 Å². The molecule has 1 amide bonds. The molecule has 6 heteroatoms. The first-order valence-electron chi connectivity index (χ1n) is 5.33. The first-order chi connectivity index (χ1) is 8.49. The zero-order valence-corrected chi connectivity index (χ0v) is 10.00. The number of rotatable bonds is 4. The van der Waals surface area contributed by atoms with Crippen LogP contribution in [0.25, 0.3) is 0 Å². The van der Waals surface area contributed by atoms with Gasteiger partial charge in [-0.25, -0.2) is 13.6 Å². The van der Waals surface area contributed by atoms with Crippen LogP contribution in [0.1, 0.15) is 23.7 Å². The number of benzene rings is 1. The summed E-state index contributed by atoms with van der Waals surface area (Å²) in [7, 11) is 1.19. The van der Waals surface area contributed by atoms with Crippen molar-refractivity contribution in [3.63, 3.8) is 0 Å². The van der Waals surface area contributed by atoms with E-state index in [0.717, 1.165) is 12.1 Å². The predicted molar refractivity (Wildman–Crippen MR) is 59.9 cm³/mol. The highest BCUT2D eigenvalue weighted by molar-refractivity contribution is 5.96. The fraction of sp³-hybridized carbons (Fsp3) is 0.333. The number of methoxy groups -OCH3 is 1. The van der Waals surface area contributed by atoms with Gasteiger partial charge in [-0.1, -0.05) is 6.92 Å². The highest BCUT2D eigenvalue weighted by Gasteiger charge is 2.21. The van der Waals surface area contributed by atoms with E-state index in [1.165, 1.54) is 7.11 Å². The molecule has 98 valence electrons. The van der Waals surface area contributed by atoms with Gasteiger partial charge in [-0.2, -0.15) is 0 Å². The lowest BCUT2D eigenvalue weighted by molar-refractivity contribution is -0.142. The molecule has 4 nitrogen and oxygen atoms in total. The van der Waals surface area contributed by atoms with Crippen LogP contribution in [0.15, 0.2) is 18.2 Å². The molecule has 0 heterocycles. The third kappa shape index (κ3) is 3.26. The van der Waals surface area contributed by atoms with E-state index >= 15 is 0 Å². The molecule has 1 aromatic carbocycles. The van der Waals surface area contributed by atoms with Crippen molar-refractivity contribution in [3.05, 3.63) is 35.4 Å². The van der Waals surface area contributed by atoms with Crippen molar-refractivity contribution in [1.82, 2.24) is 5.32 Å². The minimum Gasteiger partial charge on any atom is -0.467 e. The van der Waals surface area contributed by atoms with Gasteiger partial charge in [0, 0.05) is 6.07 Å². The van der Waals surface area contributed by atoms with Crippen molar-refractivity contribution < 1.29 is 23.1 Å². The summed E-state index contributed by atoms with van der Waals surface area (Å²) in [6.45, 7) is 1.67. The summed E-state index contributed by atoms with van der Waals surface area (Å²) in [6, 6.07) is 1.74. The topological polar surface area (TPSA) is 55.4 Å². The fourth-order valence-corrected chi connectivity index (χ4v) is 1.38. The minimum atomic E-state index is -0.979. The van der Waals surface area contributed by atoms with Crippen molar-refractivity contribution in [2.45, 2.75) is 19.4 Å². The van der Waals surface area contributed by atoms with Gasteiger partial charge in [-0.05, 0) is 18.6 Å². The summed E-state index contributed by atoms with van der Waals surface area (Å²) < 4.78 is 30.5. The maximum absolute atomic E-state index is 13.3. The van der Waals surface area contributed by atoms with E-state index in [0.29, 0.717) is 12.5 Å². The normalized spacial score (nSPS) is 11.8. The third-order valence-corrected chi connectivity index (χ3v) is 2.38. The second-order valence-electron chi connectivity index (χ2n) is 3.58. The van der Waals surface area contributed by atoms with Crippen LogP contribution < -0.4 is 5.32 Å². The van der Waals surface area contributed by atoms with E-state index in [-0.39, 0.29) is 5.56 Å². The second-order valence-corrected chi connectivity index (χ2v) is 3.58. The molecule has 0 saturated carbocycles. The van der Waals surface area contributed by atoms with Gasteiger partial charge in [0.25, 0.3) is 5.91 Å². The Morgan fingerprint density at radius 2 is 2.06 bits per heavy atom. The van der Waals surface area contributed by atoms with Crippen LogP contribution in [-0.4, -0.2) is 25.0 Å². The van der Waals surface area contributed by atoms with Gasteiger partial charge in [0.15, 0.2) is 0 Å². The second kappa shape index (κ2) is 6.09. The van der Waals surface area contributed by atoms with E-state index < -0.39 is 29.6 Å². The number of carbonyl (C=O) groups excluding carboxylic acids is 2. The summed E-state index contributed by atoms with van der Waals surface area (Å²) in [4.78, 5) is 22.9. The van der Waals surface area contributed by atoms with E-state index in [2.05, 4.69) is 10.1 Å². The first kappa shape index (κ1) is 14.1. The Bertz CT molecular complexity index is 463.